The van der Waals surface area contributed by atoms with Gasteiger partial charge in [-0.1, -0.05) is 29.8 Å². The molecule has 2 aromatic heterocycles. The van der Waals surface area contributed by atoms with Gasteiger partial charge in [0.1, 0.15) is 5.76 Å². The first-order chi connectivity index (χ1) is 13.9. The average Bonchev–Trinajstić information content (AvgIpc) is 3.42. The van der Waals surface area contributed by atoms with Gasteiger partial charge in [-0.05, 0) is 55.5 Å². The van der Waals surface area contributed by atoms with Crippen LogP contribution in [0.15, 0.2) is 52.5 Å². The summed E-state index contributed by atoms with van der Waals surface area (Å²) < 4.78 is 35.1. The lowest BCUT2D eigenvalue weighted by Crippen LogP contribution is -2.29. The molecule has 6 nitrogen and oxygen atoms in total. The third-order valence-corrected chi connectivity index (χ3v) is 6.76. The van der Waals surface area contributed by atoms with Crippen molar-refractivity contribution in [3.05, 3.63) is 81.9 Å². The molecule has 152 valence electrons. The highest BCUT2D eigenvalue weighted by Crippen LogP contribution is 2.27. The second-order valence-electron chi connectivity index (χ2n) is 7.45. The second-order valence-corrected chi connectivity index (χ2v) is 9.27. The Kier molecular flexibility index (Phi) is 5.43. The Morgan fingerprint density at radius 1 is 1.17 bits per heavy atom. The van der Waals surface area contributed by atoms with Gasteiger partial charge in [-0.15, -0.1) is 0 Å². The SMILES string of the molecule is Cc1ccc(C=CS(=O)(=O)N(Cc2ccco2)Cc2nn(C)c3c2CCC3)cc1. The van der Waals surface area contributed by atoms with E-state index in [1.165, 1.54) is 21.0 Å². The van der Waals surface area contributed by atoms with Gasteiger partial charge in [-0.2, -0.15) is 9.40 Å². The highest BCUT2D eigenvalue weighted by molar-refractivity contribution is 7.92. The Morgan fingerprint density at radius 2 is 1.97 bits per heavy atom. The Morgan fingerprint density at radius 3 is 2.69 bits per heavy atom. The van der Waals surface area contributed by atoms with E-state index in [4.69, 9.17) is 4.42 Å². The van der Waals surface area contributed by atoms with Gasteiger partial charge < -0.3 is 4.42 Å². The number of hydrogen-bond acceptors (Lipinski definition) is 4. The fourth-order valence-electron chi connectivity index (χ4n) is 3.73. The average molecular weight is 412 g/mol. The summed E-state index contributed by atoms with van der Waals surface area (Å²) in [6.45, 7) is 2.39. The molecule has 0 N–H and O–H groups in total. The molecule has 3 aromatic rings. The standard InChI is InChI=1S/C22H25N3O3S/c1-17-8-10-18(11-9-17)12-14-29(26,27)25(15-19-5-4-13-28-19)16-21-20-6-3-7-22(20)24(2)23-21/h4-5,8-14H,3,6-7,15-16H2,1-2H3. The molecule has 1 aliphatic carbocycles. The van der Waals surface area contributed by atoms with Crippen LogP contribution in [-0.4, -0.2) is 22.5 Å². The van der Waals surface area contributed by atoms with Crippen LogP contribution in [0.3, 0.4) is 0 Å². The molecule has 0 atom stereocenters. The summed E-state index contributed by atoms with van der Waals surface area (Å²) in [5.41, 5.74) is 5.21. The van der Waals surface area contributed by atoms with E-state index in [2.05, 4.69) is 5.10 Å². The van der Waals surface area contributed by atoms with Crippen LogP contribution in [0.1, 0.15) is 40.3 Å². The van der Waals surface area contributed by atoms with Gasteiger partial charge in [0.05, 0.1) is 25.0 Å². The molecule has 1 aromatic carbocycles. The fraction of sp³-hybridized carbons (Fsp3) is 0.318. The first kappa shape index (κ1) is 19.7. The lowest BCUT2D eigenvalue weighted by Gasteiger charge is -2.19. The van der Waals surface area contributed by atoms with Crippen LogP contribution in [0.2, 0.25) is 0 Å². The highest BCUT2D eigenvalue weighted by Gasteiger charge is 2.27. The van der Waals surface area contributed by atoms with Crippen LogP contribution in [-0.2, 0) is 43.0 Å². The first-order valence-electron chi connectivity index (χ1n) is 9.73. The second kappa shape index (κ2) is 8.00. The summed E-state index contributed by atoms with van der Waals surface area (Å²) in [7, 11) is -1.74. The zero-order chi connectivity index (χ0) is 20.4. The number of sulfonamides is 1. The normalized spacial score (nSPS) is 14.2. The van der Waals surface area contributed by atoms with Crippen molar-refractivity contribution in [3.63, 3.8) is 0 Å². The third kappa shape index (κ3) is 4.36. The Hall–Kier alpha value is -2.64. The molecule has 0 saturated carbocycles. The zero-order valence-corrected chi connectivity index (χ0v) is 17.5. The van der Waals surface area contributed by atoms with Crippen molar-refractivity contribution in [2.45, 2.75) is 39.3 Å². The summed E-state index contributed by atoms with van der Waals surface area (Å²) in [5, 5.41) is 5.87. The molecule has 0 amide bonds. The van der Waals surface area contributed by atoms with E-state index in [0.29, 0.717) is 5.76 Å². The van der Waals surface area contributed by atoms with Crippen molar-refractivity contribution < 1.29 is 12.8 Å². The van der Waals surface area contributed by atoms with E-state index in [0.717, 1.165) is 36.1 Å². The van der Waals surface area contributed by atoms with Crippen LogP contribution in [0.25, 0.3) is 6.08 Å². The molecule has 0 unspecified atom stereocenters. The maximum atomic E-state index is 13.2. The van der Waals surface area contributed by atoms with E-state index in [1.807, 2.05) is 42.9 Å². The molecule has 0 bridgehead atoms. The third-order valence-electron chi connectivity index (χ3n) is 5.31. The van der Waals surface area contributed by atoms with Gasteiger partial charge in [0.25, 0.3) is 0 Å². The molecule has 29 heavy (non-hydrogen) atoms. The predicted octanol–water partition coefficient (Wildman–Crippen LogP) is 3.81. The number of nitrogens with zero attached hydrogens (tertiary/aromatic N) is 3. The van der Waals surface area contributed by atoms with Crippen molar-refractivity contribution in [1.82, 2.24) is 14.1 Å². The summed E-state index contributed by atoms with van der Waals surface area (Å²) in [4.78, 5) is 0. The molecular formula is C22H25N3O3S. The summed E-state index contributed by atoms with van der Waals surface area (Å²) in [5.74, 6) is 0.602. The lowest BCUT2D eigenvalue weighted by molar-refractivity contribution is 0.358. The quantitative estimate of drug-likeness (QED) is 0.593. The van der Waals surface area contributed by atoms with E-state index < -0.39 is 10.0 Å². The Labute approximate surface area is 171 Å². The van der Waals surface area contributed by atoms with Crippen LogP contribution in [0.4, 0.5) is 0 Å². The Bertz CT molecular complexity index is 1110. The van der Waals surface area contributed by atoms with Gasteiger partial charge in [-0.3, -0.25) is 4.68 Å². The maximum absolute atomic E-state index is 13.2. The predicted molar refractivity (Wildman–Crippen MR) is 112 cm³/mol. The van der Waals surface area contributed by atoms with E-state index in [9.17, 15) is 8.42 Å². The van der Waals surface area contributed by atoms with E-state index >= 15 is 0 Å². The zero-order valence-electron chi connectivity index (χ0n) is 16.7. The molecule has 0 fully saturated rings. The van der Waals surface area contributed by atoms with Gasteiger partial charge in [0, 0.05) is 18.1 Å². The smallest absolute Gasteiger partial charge is 0.237 e. The molecule has 1 aliphatic rings. The number of rotatable bonds is 7. The highest BCUT2D eigenvalue weighted by atomic mass is 32.2. The van der Waals surface area contributed by atoms with Crippen molar-refractivity contribution in [1.29, 1.82) is 0 Å². The van der Waals surface area contributed by atoms with E-state index in [1.54, 1.807) is 24.5 Å². The van der Waals surface area contributed by atoms with Gasteiger partial charge in [0.15, 0.2) is 0 Å². The minimum absolute atomic E-state index is 0.166. The lowest BCUT2D eigenvalue weighted by atomic mass is 10.2. The number of benzene rings is 1. The minimum atomic E-state index is -3.67. The molecule has 7 heteroatoms. The molecule has 2 heterocycles. The van der Waals surface area contributed by atoms with Crippen molar-refractivity contribution in [3.8, 4) is 0 Å². The van der Waals surface area contributed by atoms with Gasteiger partial charge >= 0.3 is 0 Å². The largest absolute Gasteiger partial charge is 0.468 e. The molecule has 0 spiro atoms. The molecule has 0 radical (unpaired) electrons. The summed E-state index contributed by atoms with van der Waals surface area (Å²) in [6.07, 6.45) is 6.23. The molecule has 0 saturated heterocycles. The Balaban J connectivity index is 1.62. The number of furan rings is 1. The molecule has 0 aliphatic heterocycles. The minimum Gasteiger partial charge on any atom is -0.468 e. The number of aromatic nitrogens is 2. The number of aryl methyl sites for hydroxylation is 2. The van der Waals surface area contributed by atoms with Crippen molar-refractivity contribution in [2.24, 2.45) is 7.05 Å². The topological polar surface area (TPSA) is 68.3 Å². The molecule has 4 rings (SSSR count). The number of hydrogen-bond donors (Lipinski definition) is 0. The van der Waals surface area contributed by atoms with Gasteiger partial charge in [0.2, 0.25) is 10.0 Å². The van der Waals surface area contributed by atoms with Crippen LogP contribution in [0, 0.1) is 6.92 Å². The fourth-order valence-corrected chi connectivity index (χ4v) is 4.84. The summed E-state index contributed by atoms with van der Waals surface area (Å²) in [6, 6.07) is 11.3. The first-order valence-corrected chi connectivity index (χ1v) is 11.2. The summed E-state index contributed by atoms with van der Waals surface area (Å²) >= 11 is 0. The van der Waals surface area contributed by atoms with E-state index in [-0.39, 0.29) is 13.1 Å². The monoisotopic (exact) mass is 411 g/mol. The van der Waals surface area contributed by atoms with Crippen LogP contribution >= 0.6 is 0 Å². The van der Waals surface area contributed by atoms with Crippen molar-refractivity contribution in [2.75, 3.05) is 0 Å². The van der Waals surface area contributed by atoms with Crippen molar-refractivity contribution >= 4 is 16.1 Å². The van der Waals surface area contributed by atoms with Crippen LogP contribution in [0.5, 0.6) is 0 Å². The van der Waals surface area contributed by atoms with Gasteiger partial charge in [-0.25, -0.2) is 8.42 Å². The molecular weight excluding hydrogens is 386 g/mol. The number of fused-ring (bicyclic) bond motifs is 1. The van der Waals surface area contributed by atoms with Crippen LogP contribution < -0.4 is 0 Å². The maximum Gasteiger partial charge on any atom is 0.237 e.